The van der Waals surface area contributed by atoms with Crippen LogP contribution >= 0.6 is 23.2 Å². The molecule has 2 heterocycles. The number of hydrogen-bond donors (Lipinski definition) is 0. The molecule has 1 aliphatic heterocycles. The number of carbonyl (C=O) groups is 1. The van der Waals surface area contributed by atoms with Crippen LogP contribution in [0.25, 0.3) is 0 Å². The van der Waals surface area contributed by atoms with Crippen LogP contribution in [0.1, 0.15) is 24.7 Å². The monoisotopic (exact) mass is 424 g/mol. The summed E-state index contributed by atoms with van der Waals surface area (Å²) in [6.07, 6.45) is 1.78. The van der Waals surface area contributed by atoms with Crippen molar-refractivity contribution in [1.29, 1.82) is 0 Å². The third-order valence-corrected chi connectivity index (χ3v) is 5.86. The number of aryl methyl sites for hydroxylation is 1. The first-order valence-electron chi connectivity index (χ1n) is 9.52. The molecule has 1 saturated heterocycles. The molecule has 1 aromatic carbocycles. The van der Waals surface area contributed by atoms with Crippen LogP contribution in [-0.2, 0) is 17.8 Å². The van der Waals surface area contributed by atoms with E-state index in [1.807, 2.05) is 30.0 Å². The lowest BCUT2D eigenvalue weighted by molar-refractivity contribution is -0.132. The van der Waals surface area contributed by atoms with Crippen LogP contribution in [0, 0.1) is 6.92 Å². The van der Waals surface area contributed by atoms with E-state index in [-0.39, 0.29) is 12.5 Å². The van der Waals surface area contributed by atoms with Crippen molar-refractivity contribution in [2.75, 3.05) is 38.2 Å². The second-order valence-corrected chi connectivity index (χ2v) is 7.73. The van der Waals surface area contributed by atoms with Crippen LogP contribution in [0.5, 0.6) is 5.75 Å². The Hall–Kier alpha value is -1.92. The van der Waals surface area contributed by atoms with E-state index in [2.05, 4.69) is 16.9 Å². The van der Waals surface area contributed by atoms with Gasteiger partial charge in [-0.25, -0.2) is 0 Å². The van der Waals surface area contributed by atoms with Gasteiger partial charge in [0.05, 0.1) is 28.5 Å². The van der Waals surface area contributed by atoms with E-state index < -0.39 is 0 Å². The van der Waals surface area contributed by atoms with Gasteiger partial charge in [0, 0.05) is 37.9 Å². The number of rotatable bonds is 6. The van der Waals surface area contributed by atoms with Gasteiger partial charge in [0.1, 0.15) is 12.3 Å². The van der Waals surface area contributed by atoms with Gasteiger partial charge < -0.3 is 14.5 Å². The Morgan fingerprint density at radius 2 is 1.93 bits per heavy atom. The molecule has 152 valence electrons. The molecule has 3 rings (SSSR count). The number of anilines is 1. The Labute approximate surface area is 176 Å². The Kier molecular flexibility index (Phi) is 6.73. The molecule has 0 aliphatic carbocycles. The summed E-state index contributed by atoms with van der Waals surface area (Å²) in [5.74, 6) is 0.733. The van der Waals surface area contributed by atoms with Crippen molar-refractivity contribution in [3.8, 4) is 5.75 Å². The molecule has 0 bridgehead atoms. The number of halogens is 2. The third-order valence-electron chi connectivity index (χ3n) is 5.06. The van der Waals surface area contributed by atoms with Gasteiger partial charge in [0.25, 0.3) is 0 Å². The summed E-state index contributed by atoms with van der Waals surface area (Å²) >= 11 is 12.5. The van der Waals surface area contributed by atoms with E-state index in [9.17, 15) is 4.79 Å². The summed E-state index contributed by atoms with van der Waals surface area (Å²) < 4.78 is 7.07. The molecule has 0 spiro atoms. The SMILES string of the molecule is CCCc1c(Cl)c(C)nn1CC(=O)N1CCN(c2ccc(Cl)c(OC)c2)CC1. The molecule has 0 N–H and O–H groups in total. The Bertz CT molecular complexity index is 845. The van der Waals surface area contributed by atoms with Gasteiger partial charge in [-0.05, 0) is 25.5 Å². The smallest absolute Gasteiger partial charge is 0.244 e. The van der Waals surface area contributed by atoms with Crippen molar-refractivity contribution in [2.24, 2.45) is 0 Å². The number of benzene rings is 1. The number of aromatic nitrogens is 2. The first-order chi connectivity index (χ1) is 13.4. The first-order valence-corrected chi connectivity index (χ1v) is 10.3. The predicted molar refractivity (Wildman–Crippen MR) is 113 cm³/mol. The second kappa shape index (κ2) is 9.05. The van der Waals surface area contributed by atoms with Crippen molar-refractivity contribution in [2.45, 2.75) is 33.2 Å². The zero-order chi connectivity index (χ0) is 20.3. The van der Waals surface area contributed by atoms with Crippen molar-refractivity contribution >= 4 is 34.8 Å². The van der Waals surface area contributed by atoms with E-state index >= 15 is 0 Å². The molecule has 8 heteroatoms. The maximum absolute atomic E-state index is 12.8. The number of amides is 1. The minimum atomic E-state index is 0.0739. The van der Waals surface area contributed by atoms with Gasteiger partial charge in [-0.1, -0.05) is 36.5 Å². The lowest BCUT2D eigenvalue weighted by atomic mass is 10.2. The topological polar surface area (TPSA) is 50.6 Å². The lowest BCUT2D eigenvalue weighted by Crippen LogP contribution is -2.49. The Balaban J connectivity index is 1.62. The summed E-state index contributed by atoms with van der Waals surface area (Å²) in [6, 6.07) is 5.76. The van der Waals surface area contributed by atoms with E-state index in [4.69, 9.17) is 27.9 Å². The van der Waals surface area contributed by atoms with Crippen molar-refractivity contribution in [3.63, 3.8) is 0 Å². The van der Waals surface area contributed by atoms with Crippen molar-refractivity contribution in [1.82, 2.24) is 14.7 Å². The summed E-state index contributed by atoms with van der Waals surface area (Å²) in [7, 11) is 1.61. The van der Waals surface area contributed by atoms with E-state index in [0.717, 1.165) is 43.0 Å². The van der Waals surface area contributed by atoms with Gasteiger partial charge in [0.15, 0.2) is 0 Å². The van der Waals surface area contributed by atoms with E-state index in [0.29, 0.717) is 28.9 Å². The van der Waals surface area contributed by atoms with Crippen LogP contribution in [0.3, 0.4) is 0 Å². The fraction of sp³-hybridized carbons (Fsp3) is 0.500. The van der Waals surface area contributed by atoms with Crippen LogP contribution in [0.15, 0.2) is 18.2 Å². The number of nitrogens with zero attached hydrogens (tertiary/aromatic N) is 4. The third kappa shape index (κ3) is 4.39. The van der Waals surface area contributed by atoms with Crippen LogP contribution in [0.2, 0.25) is 10.0 Å². The van der Waals surface area contributed by atoms with Gasteiger partial charge in [-0.15, -0.1) is 0 Å². The average Bonchev–Trinajstić information content (AvgIpc) is 2.96. The molecule has 1 fully saturated rings. The molecule has 1 aromatic heterocycles. The highest BCUT2D eigenvalue weighted by atomic mass is 35.5. The van der Waals surface area contributed by atoms with Gasteiger partial charge in [0.2, 0.25) is 5.91 Å². The van der Waals surface area contributed by atoms with Gasteiger partial charge in [-0.3, -0.25) is 9.48 Å². The number of piperazine rings is 1. The lowest BCUT2D eigenvalue weighted by Gasteiger charge is -2.36. The number of carbonyl (C=O) groups excluding carboxylic acids is 1. The van der Waals surface area contributed by atoms with Gasteiger partial charge in [-0.2, -0.15) is 5.10 Å². The van der Waals surface area contributed by atoms with Crippen LogP contribution in [-0.4, -0.2) is 53.9 Å². The summed E-state index contributed by atoms with van der Waals surface area (Å²) in [5, 5.41) is 5.72. The van der Waals surface area contributed by atoms with Crippen molar-refractivity contribution in [3.05, 3.63) is 39.6 Å². The highest BCUT2D eigenvalue weighted by Crippen LogP contribution is 2.30. The number of methoxy groups -OCH3 is 1. The maximum atomic E-state index is 12.8. The van der Waals surface area contributed by atoms with Crippen LogP contribution < -0.4 is 9.64 Å². The first kappa shape index (κ1) is 20.8. The molecular weight excluding hydrogens is 399 g/mol. The Morgan fingerprint density at radius 3 is 2.57 bits per heavy atom. The Morgan fingerprint density at radius 1 is 1.21 bits per heavy atom. The molecular formula is C20H26Cl2N4O2. The quantitative estimate of drug-likeness (QED) is 0.707. The van der Waals surface area contributed by atoms with Crippen LogP contribution in [0.4, 0.5) is 5.69 Å². The standard InChI is InChI=1S/C20H26Cl2N4O2/c1-4-5-17-20(22)14(2)23-26(17)13-19(27)25-10-8-24(9-11-25)15-6-7-16(21)18(12-15)28-3/h6-7,12H,4-5,8-11,13H2,1-3H3. The maximum Gasteiger partial charge on any atom is 0.244 e. The largest absolute Gasteiger partial charge is 0.495 e. The zero-order valence-corrected chi connectivity index (χ0v) is 18.1. The molecule has 1 amide bonds. The minimum Gasteiger partial charge on any atom is -0.495 e. The molecule has 1 aliphatic rings. The number of ether oxygens (including phenoxy) is 1. The fourth-order valence-electron chi connectivity index (χ4n) is 3.50. The predicted octanol–water partition coefficient (Wildman–Crippen LogP) is 3.81. The van der Waals surface area contributed by atoms with Gasteiger partial charge >= 0.3 is 0 Å². The summed E-state index contributed by atoms with van der Waals surface area (Å²) in [6.45, 7) is 7.06. The molecule has 0 radical (unpaired) electrons. The molecule has 2 aromatic rings. The highest BCUT2D eigenvalue weighted by Gasteiger charge is 2.23. The minimum absolute atomic E-state index is 0.0739. The molecule has 28 heavy (non-hydrogen) atoms. The zero-order valence-electron chi connectivity index (χ0n) is 16.5. The normalized spacial score (nSPS) is 14.5. The molecule has 0 unspecified atom stereocenters. The van der Waals surface area contributed by atoms with E-state index in [1.165, 1.54) is 0 Å². The fourth-order valence-corrected chi connectivity index (χ4v) is 3.93. The molecule has 6 nitrogen and oxygen atoms in total. The second-order valence-electron chi connectivity index (χ2n) is 6.94. The van der Waals surface area contributed by atoms with Crippen molar-refractivity contribution < 1.29 is 9.53 Å². The molecule has 0 atom stereocenters. The summed E-state index contributed by atoms with van der Waals surface area (Å²) in [4.78, 5) is 16.9. The van der Waals surface area contributed by atoms with E-state index in [1.54, 1.807) is 11.8 Å². The average molecular weight is 425 g/mol. The molecule has 0 saturated carbocycles. The highest BCUT2D eigenvalue weighted by molar-refractivity contribution is 6.32. The summed E-state index contributed by atoms with van der Waals surface area (Å²) in [5.41, 5.74) is 2.77. The number of hydrogen-bond acceptors (Lipinski definition) is 4.